The zero-order chi connectivity index (χ0) is 14.5. The quantitative estimate of drug-likeness (QED) is 0.840. The van der Waals surface area contributed by atoms with Crippen molar-refractivity contribution in [3.05, 3.63) is 64.7 Å². The summed E-state index contributed by atoms with van der Waals surface area (Å²) in [4.78, 5) is 12.1. The van der Waals surface area contributed by atoms with Crippen LogP contribution in [0.15, 0.2) is 36.4 Å². The lowest BCUT2D eigenvalue weighted by atomic mass is 9.87. The maximum absolute atomic E-state index is 13.7. The van der Waals surface area contributed by atoms with Crippen LogP contribution in [-0.2, 0) is 10.4 Å². The van der Waals surface area contributed by atoms with Gasteiger partial charge in [0.1, 0.15) is 11.6 Å². The van der Waals surface area contributed by atoms with Gasteiger partial charge in [-0.05, 0) is 36.8 Å². The number of halogens is 2. The molecule has 1 amide bonds. The molecule has 0 aromatic heterocycles. The summed E-state index contributed by atoms with van der Waals surface area (Å²) in [5.74, 6) is -1.83. The van der Waals surface area contributed by atoms with E-state index in [0.717, 1.165) is 12.1 Å². The summed E-state index contributed by atoms with van der Waals surface area (Å²) in [6, 6.07) is 7.64. The normalized spacial score (nSPS) is 20.7. The Balaban J connectivity index is 2.23. The van der Waals surface area contributed by atoms with Crippen LogP contribution in [-0.4, -0.2) is 11.0 Å². The van der Waals surface area contributed by atoms with E-state index >= 15 is 0 Å². The molecule has 0 bridgehead atoms. The summed E-state index contributed by atoms with van der Waals surface area (Å²) in [6.45, 7) is 1.57. The van der Waals surface area contributed by atoms with E-state index in [1.807, 2.05) is 0 Å². The van der Waals surface area contributed by atoms with Gasteiger partial charge in [-0.1, -0.05) is 12.1 Å². The monoisotopic (exact) mass is 275 g/mol. The van der Waals surface area contributed by atoms with E-state index in [1.54, 1.807) is 6.92 Å². The van der Waals surface area contributed by atoms with Crippen LogP contribution in [0.5, 0.6) is 0 Å². The van der Waals surface area contributed by atoms with Crippen molar-refractivity contribution in [1.82, 2.24) is 0 Å². The van der Waals surface area contributed by atoms with Crippen molar-refractivity contribution >= 4 is 11.6 Å². The summed E-state index contributed by atoms with van der Waals surface area (Å²) >= 11 is 0. The number of anilines is 1. The lowest BCUT2D eigenvalue weighted by Crippen LogP contribution is -2.35. The van der Waals surface area contributed by atoms with E-state index in [9.17, 15) is 18.7 Å². The van der Waals surface area contributed by atoms with Crippen LogP contribution in [0.1, 0.15) is 16.7 Å². The van der Waals surface area contributed by atoms with Crippen molar-refractivity contribution < 1.29 is 18.7 Å². The molecule has 5 heteroatoms. The van der Waals surface area contributed by atoms with E-state index in [1.165, 1.54) is 24.3 Å². The molecule has 0 fully saturated rings. The fraction of sp³-hybridized carbons (Fsp3) is 0.133. The average Bonchev–Trinajstić information content (AvgIpc) is 2.66. The van der Waals surface area contributed by atoms with Crippen molar-refractivity contribution in [1.29, 1.82) is 0 Å². The molecule has 1 aliphatic heterocycles. The number of carbonyl (C=O) groups excluding carboxylic acids is 1. The van der Waals surface area contributed by atoms with Crippen molar-refractivity contribution in [2.24, 2.45) is 0 Å². The second-order valence-corrected chi connectivity index (χ2v) is 4.82. The van der Waals surface area contributed by atoms with Gasteiger partial charge in [0.2, 0.25) is 0 Å². The van der Waals surface area contributed by atoms with Gasteiger partial charge in [0, 0.05) is 16.8 Å². The Morgan fingerprint density at radius 3 is 2.60 bits per heavy atom. The third kappa shape index (κ3) is 1.63. The Morgan fingerprint density at radius 1 is 1.15 bits per heavy atom. The van der Waals surface area contributed by atoms with Gasteiger partial charge in [0.25, 0.3) is 5.91 Å². The summed E-state index contributed by atoms with van der Waals surface area (Å²) in [6.07, 6.45) is 0. The van der Waals surface area contributed by atoms with Crippen LogP contribution in [0.2, 0.25) is 0 Å². The lowest BCUT2D eigenvalue weighted by molar-refractivity contribution is -0.129. The summed E-state index contributed by atoms with van der Waals surface area (Å²) < 4.78 is 27.0. The second-order valence-electron chi connectivity index (χ2n) is 4.82. The Hall–Kier alpha value is -2.27. The molecular formula is C15H11F2NO2. The minimum Gasteiger partial charge on any atom is -0.372 e. The molecular weight excluding hydrogens is 264 g/mol. The molecule has 0 radical (unpaired) electrons. The molecule has 2 N–H and O–H groups in total. The molecule has 2 aromatic carbocycles. The molecule has 1 heterocycles. The van der Waals surface area contributed by atoms with Crippen molar-refractivity contribution in [3.8, 4) is 0 Å². The number of fused-ring (bicyclic) bond motifs is 1. The number of nitrogens with one attached hydrogen (secondary N) is 1. The minimum atomic E-state index is -2.08. The Morgan fingerprint density at radius 2 is 1.90 bits per heavy atom. The summed E-state index contributed by atoms with van der Waals surface area (Å²) in [7, 11) is 0. The number of hydrogen-bond donors (Lipinski definition) is 2. The fourth-order valence-corrected chi connectivity index (χ4v) is 2.36. The molecule has 3 rings (SSSR count). The highest BCUT2D eigenvalue weighted by molar-refractivity contribution is 6.07. The number of amides is 1. The Bertz CT molecular complexity index is 730. The highest BCUT2D eigenvalue weighted by atomic mass is 19.1. The molecule has 0 spiro atoms. The van der Waals surface area contributed by atoms with Crippen LogP contribution in [0, 0.1) is 18.6 Å². The van der Waals surface area contributed by atoms with E-state index in [0.29, 0.717) is 11.3 Å². The Labute approximate surface area is 113 Å². The van der Waals surface area contributed by atoms with Gasteiger partial charge in [-0.15, -0.1) is 0 Å². The molecule has 0 aliphatic carbocycles. The van der Waals surface area contributed by atoms with E-state index < -0.39 is 23.1 Å². The van der Waals surface area contributed by atoms with Gasteiger partial charge in [0.05, 0.1) is 0 Å². The van der Waals surface area contributed by atoms with Gasteiger partial charge >= 0.3 is 0 Å². The summed E-state index contributed by atoms with van der Waals surface area (Å²) in [5, 5.41) is 13.1. The maximum Gasteiger partial charge on any atom is 0.265 e. The smallest absolute Gasteiger partial charge is 0.265 e. The van der Waals surface area contributed by atoms with Gasteiger partial charge in [-0.25, -0.2) is 8.78 Å². The molecule has 1 atom stereocenters. The first-order valence-corrected chi connectivity index (χ1v) is 6.03. The first kappa shape index (κ1) is 12.7. The molecule has 3 nitrogen and oxygen atoms in total. The van der Waals surface area contributed by atoms with Crippen LogP contribution >= 0.6 is 0 Å². The summed E-state index contributed by atoms with van der Waals surface area (Å²) in [5.41, 5.74) is -1.20. The maximum atomic E-state index is 13.7. The Kier molecular flexibility index (Phi) is 2.62. The molecule has 0 unspecified atom stereocenters. The molecule has 1 aliphatic rings. The lowest BCUT2D eigenvalue weighted by Gasteiger charge is -2.21. The molecule has 2 aromatic rings. The van der Waals surface area contributed by atoms with Crippen LogP contribution in [0.25, 0.3) is 0 Å². The molecule has 20 heavy (non-hydrogen) atoms. The first-order chi connectivity index (χ1) is 9.42. The number of carbonyl (C=O) groups is 1. The number of benzene rings is 2. The van der Waals surface area contributed by atoms with Crippen molar-refractivity contribution in [3.63, 3.8) is 0 Å². The van der Waals surface area contributed by atoms with Gasteiger partial charge in [-0.2, -0.15) is 0 Å². The molecule has 0 saturated heterocycles. The van der Waals surface area contributed by atoms with Gasteiger partial charge in [0.15, 0.2) is 5.60 Å². The van der Waals surface area contributed by atoms with E-state index in [4.69, 9.17) is 0 Å². The van der Waals surface area contributed by atoms with E-state index in [-0.39, 0.29) is 11.1 Å². The van der Waals surface area contributed by atoms with Gasteiger partial charge < -0.3 is 10.4 Å². The van der Waals surface area contributed by atoms with Crippen molar-refractivity contribution in [2.75, 3.05) is 5.32 Å². The molecule has 0 saturated carbocycles. The number of aryl methyl sites for hydroxylation is 1. The minimum absolute atomic E-state index is 0.0717. The molecule has 102 valence electrons. The van der Waals surface area contributed by atoms with Crippen LogP contribution < -0.4 is 5.32 Å². The van der Waals surface area contributed by atoms with Crippen LogP contribution in [0.4, 0.5) is 14.5 Å². The fourth-order valence-electron chi connectivity index (χ4n) is 2.36. The SMILES string of the molecule is Cc1ccc([C@]2(O)C(=O)Nc3ccc(F)cc32)cc1F. The number of rotatable bonds is 1. The van der Waals surface area contributed by atoms with Crippen LogP contribution in [0.3, 0.4) is 0 Å². The number of aliphatic hydroxyl groups is 1. The first-order valence-electron chi connectivity index (χ1n) is 6.03. The second kappa shape index (κ2) is 4.11. The predicted octanol–water partition coefficient (Wildman–Crippen LogP) is 2.46. The topological polar surface area (TPSA) is 49.3 Å². The standard InChI is InChI=1S/C15H11F2NO2/c1-8-2-3-9(6-12(8)17)15(20)11-7-10(16)4-5-13(11)18-14(15)19/h2-7,20H,1H3,(H,18,19)/t15-/m1/s1. The third-order valence-electron chi connectivity index (χ3n) is 3.54. The highest BCUT2D eigenvalue weighted by Crippen LogP contribution is 2.41. The van der Waals surface area contributed by atoms with E-state index in [2.05, 4.69) is 5.32 Å². The number of hydrogen-bond acceptors (Lipinski definition) is 2. The highest BCUT2D eigenvalue weighted by Gasteiger charge is 2.47. The predicted molar refractivity (Wildman–Crippen MR) is 69.2 cm³/mol. The third-order valence-corrected chi connectivity index (χ3v) is 3.54. The van der Waals surface area contributed by atoms with Gasteiger partial charge in [-0.3, -0.25) is 4.79 Å². The van der Waals surface area contributed by atoms with Crippen molar-refractivity contribution in [2.45, 2.75) is 12.5 Å². The zero-order valence-corrected chi connectivity index (χ0v) is 10.6. The average molecular weight is 275 g/mol. The zero-order valence-electron chi connectivity index (χ0n) is 10.6. The largest absolute Gasteiger partial charge is 0.372 e.